The van der Waals surface area contributed by atoms with Crippen molar-refractivity contribution in [2.75, 3.05) is 0 Å². The van der Waals surface area contributed by atoms with Crippen LogP contribution >= 0.6 is 0 Å². The summed E-state index contributed by atoms with van der Waals surface area (Å²) in [6.07, 6.45) is -0.902. The lowest BCUT2D eigenvalue weighted by atomic mass is 9.88. The molecule has 0 bridgehead atoms. The first-order valence-corrected chi connectivity index (χ1v) is 18.3. The molecular weight excluding hydrogens is 546 g/mol. The van der Waals surface area contributed by atoms with E-state index in [0.29, 0.717) is 19.4 Å². The van der Waals surface area contributed by atoms with E-state index in [1.54, 1.807) is 0 Å². The van der Waals surface area contributed by atoms with E-state index in [-0.39, 0.29) is 28.7 Å². The highest BCUT2D eigenvalue weighted by molar-refractivity contribution is 6.74. The normalized spacial score (nSPS) is 15.6. The Morgan fingerprint density at radius 2 is 1.45 bits per heavy atom. The molecular formula is C33H58N3O5Si-. The summed E-state index contributed by atoms with van der Waals surface area (Å²) in [7, 11) is -2.37. The highest BCUT2D eigenvalue weighted by Gasteiger charge is 2.44. The van der Waals surface area contributed by atoms with Gasteiger partial charge in [0, 0.05) is 18.0 Å². The fourth-order valence-electron chi connectivity index (χ4n) is 4.83. The van der Waals surface area contributed by atoms with Gasteiger partial charge in [0.15, 0.2) is 8.32 Å². The third kappa shape index (κ3) is 11.4. The monoisotopic (exact) mass is 604 g/mol. The van der Waals surface area contributed by atoms with E-state index in [9.17, 15) is 19.5 Å². The summed E-state index contributed by atoms with van der Waals surface area (Å²) >= 11 is 0. The molecule has 0 heterocycles. The number of nitrogens with zero attached hydrogens (tertiary/aromatic N) is 1. The third-order valence-electron chi connectivity index (χ3n) is 8.24. The summed E-state index contributed by atoms with van der Waals surface area (Å²) in [6, 6.07) is 8.43. The number of hydrogen-bond donors (Lipinski definition) is 2. The molecule has 0 saturated heterocycles. The lowest BCUT2D eigenvalue weighted by molar-refractivity contribution is -0.276. The van der Waals surface area contributed by atoms with E-state index in [1.165, 1.54) is 4.90 Å². The molecule has 1 rings (SSSR count). The van der Waals surface area contributed by atoms with Crippen molar-refractivity contribution in [3.8, 4) is 0 Å². The first-order valence-electron chi connectivity index (χ1n) is 15.4. The molecule has 1 aromatic carbocycles. The molecule has 240 valence electrons. The molecule has 0 radical (unpaired) electrons. The molecule has 0 fully saturated rings. The zero-order valence-corrected chi connectivity index (χ0v) is 29.5. The lowest BCUT2D eigenvalue weighted by Crippen LogP contribution is -2.62. The van der Waals surface area contributed by atoms with Gasteiger partial charge in [0.2, 0.25) is 11.8 Å². The van der Waals surface area contributed by atoms with Gasteiger partial charge in [-0.2, -0.15) is 0 Å². The average molecular weight is 605 g/mol. The highest BCUT2D eigenvalue weighted by Crippen LogP contribution is 2.40. The standard InChI is InChI=1S/C33H59N3O5Si/c1-22(2)19-26(36(31(39)40)32(6,7)8)27(41-42(12,13)33(9,10)11)20-24(5)29(37)35-28(23(3)4)30(38)34-21-25-17-15-14-16-18-25/h14-18,22-24,26-28H,19-21H2,1-13H3,(H,34,38)(H,35,37)(H,39,40)/p-1/t24-,26+,27+,28+/m1/s1. The molecule has 0 saturated carbocycles. The van der Waals surface area contributed by atoms with Crippen molar-refractivity contribution < 1.29 is 23.9 Å². The number of amides is 3. The largest absolute Gasteiger partial charge is 0.530 e. The topological polar surface area (TPSA) is 111 Å². The number of hydrogen-bond acceptors (Lipinski definition) is 5. The summed E-state index contributed by atoms with van der Waals surface area (Å²) in [5.41, 5.74) is 0.254. The Labute approximate surface area is 256 Å². The predicted octanol–water partition coefficient (Wildman–Crippen LogP) is 5.72. The maximum Gasteiger partial charge on any atom is 0.243 e. The molecule has 0 aliphatic rings. The lowest BCUT2D eigenvalue weighted by Gasteiger charge is -2.50. The second-order valence-corrected chi connectivity index (χ2v) is 19.7. The Kier molecular flexibility index (Phi) is 13.8. The molecule has 1 aromatic rings. The third-order valence-corrected chi connectivity index (χ3v) is 12.7. The summed E-state index contributed by atoms with van der Waals surface area (Å²) < 4.78 is 6.95. The van der Waals surface area contributed by atoms with Crippen molar-refractivity contribution in [2.45, 2.75) is 137 Å². The van der Waals surface area contributed by atoms with Crippen molar-refractivity contribution in [3.05, 3.63) is 35.9 Å². The van der Waals surface area contributed by atoms with Crippen LogP contribution in [0.2, 0.25) is 18.1 Å². The van der Waals surface area contributed by atoms with Crippen LogP contribution in [0.3, 0.4) is 0 Å². The minimum absolute atomic E-state index is 0.118. The van der Waals surface area contributed by atoms with Gasteiger partial charge >= 0.3 is 0 Å². The fraction of sp³-hybridized carbons (Fsp3) is 0.727. The van der Waals surface area contributed by atoms with Gasteiger partial charge in [-0.25, -0.2) is 0 Å². The zero-order valence-electron chi connectivity index (χ0n) is 28.5. The molecule has 42 heavy (non-hydrogen) atoms. The Bertz CT molecular complexity index is 1010. The first kappa shape index (κ1) is 37.6. The second-order valence-electron chi connectivity index (χ2n) is 15.0. The molecule has 0 spiro atoms. The molecule has 0 aliphatic heterocycles. The van der Waals surface area contributed by atoms with Gasteiger partial charge in [-0.15, -0.1) is 0 Å². The average Bonchev–Trinajstić information content (AvgIpc) is 2.83. The minimum atomic E-state index is -2.37. The van der Waals surface area contributed by atoms with Crippen LogP contribution < -0.4 is 15.7 Å². The molecule has 8 nitrogen and oxygen atoms in total. The Balaban J connectivity index is 3.32. The molecule has 4 atom stereocenters. The van der Waals surface area contributed by atoms with E-state index >= 15 is 0 Å². The molecule has 0 unspecified atom stereocenters. The molecule has 9 heteroatoms. The number of benzene rings is 1. The summed E-state index contributed by atoms with van der Waals surface area (Å²) in [6.45, 7) is 26.4. The Hall–Kier alpha value is -2.39. The highest BCUT2D eigenvalue weighted by atomic mass is 28.4. The van der Waals surface area contributed by atoms with Gasteiger partial charge in [-0.3, -0.25) is 9.59 Å². The van der Waals surface area contributed by atoms with Crippen LogP contribution in [0.4, 0.5) is 4.79 Å². The van der Waals surface area contributed by atoms with Crippen LogP contribution in [0, 0.1) is 17.8 Å². The molecule has 2 N–H and O–H groups in total. The van der Waals surface area contributed by atoms with Gasteiger partial charge in [-0.05, 0) is 69.1 Å². The van der Waals surface area contributed by atoms with Crippen molar-refractivity contribution in [1.29, 1.82) is 0 Å². The maximum absolute atomic E-state index is 13.6. The minimum Gasteiger partial charge on any atom is -0.530 e. The maximum atomic E-state index is 13.6. The van der Waals surface area contributed by atoms with Gasteiger partial charge < -0.3 is 29.9 Å². The van der Waals surface area contributed by atoms with Crippen LogP contribution in [0.15, 0.2) is 30.3 Å². The Morgan fingerprint density at radius 3 is 1.88 bits per heavy atom. The fourth-order valence-corrected chi connectivity index (χ4v) is 6.20. The first-order chi connectivity index (χ1) is 19.1. The number of carbonyl (C=O) groups excluding carboxylic acids is 3. The van der Waals surface area contributed by atoms with Crippen LogP contribution in [0.5, 0.6) is 0 Å². The van der Waals surface area contributed by atoms with Crippen molar-refractivity contribution >= 4 is 26.2 Å². The SMILES string of the molecule is CC(C)C[C@@H]([C@H](C[C@@H](C)C(=O)N[C@H](C(=O)NCc1ccccc1)C(C)C)O[Si](C)(C)C(C)(C)C)N(C(=O)[O-])C(C)(C)C. The van der Waals surface area contributed by atoms with E-state index in [4.69, 9.17) is 4.43 Å². The number of rotatable bonds is 14. The Morgan fingerprint density at radius 1 is 0.905 bits per heavy atom. The van der Waals surface area contributed by atoms with E-state index in [2.05, 4.69) is 58.3 Å². The van der Waals surface area contributed by atoms with E-state index in [0.717, 1.165) is 5.56 Å². The summed E-state index contributed by atoms with van der Waals surface area (Å²) in [5, 5.41) is 18.4. The van der Waals surface area contributed by atoms with Crippen LogP contribution in [-0.2, 0) is 20.6 Å². The van der Waals surface area contributed by atoms with Crippen LogP contribution in [-0.4, -0.2) is 54.9 Å². The van der Waals surface area contributed by atoms with E-state index in [1.807, 2.05) is 71.9 Å². The quantitative estimate of drug-likeness (QED) is 0.264. The predicted molar refractivity (Wildman–Crippen MR) is 171 cm³/mol. The van der Waals surface area contributed by atoms with Gasteiger partial charge in [-0.1, -0.05) is 85.7 Å². The molecule has 3 amide bonds. The zero-order chi connectivity index (χ0) is 32.6. The van der Waals surface area contributed by atoms with Gasteiger partial charge in [0.25, 0.3) is 0 Å². The van der Waals surface area contributed by atoms with Crippen molar-refractivity contribution in [1.82, 2.24) is 15.5 Å². The molecule has 0 aliphatic carbocycles. The van der Waals surface area contributed by atoms with E-state index < -0.39 is 44.1 Å². The summed E-state index contributed by atoms with van der Waals surface area (Å²) in [4.78, 5) is 40.7. The second kappa shape index (κ2) is 15.4. The number of nitrogens with one attached hydrogen (secondary N) is 2. The van der Waals surface area contributed by atoms with Crippen molar-refractivity contribution in [2.24, 2.45) is 17.8 Å². The number of carboxylic acid groups (broad SMARTS) is 1. The van der Waals surface area contributed by atoms with Crippen LogP contribution in [0.25, 0.3) is 0 Å². The number of carbonyl (C=O) groups is 3. The molecule has 0 aromatic heterocycles. The summed E-state index contributed by atoms with van der Waals surface area (Å²) in [5.74, 6) is -0.962. The van der Waals surface area contributed by atoms with Crippen LogP contribution in [0.1, 0.15) is 94.6 Å². The smallest absolute Gasteiger partial charge is 0.243 e. The van der Waals surface area contributed by atoms with Gasteiger partial charge in [0.1, 0.15) is 12.1 Å². The van der Waals surface area contributed by atoms with Gasteiger partial charge in [0.05, 0.1) is 12.1 Å². The van der Waals surface area contributed by atoms with Crippen molar-refractivity contribution in [3.63, 3.8) is 0 Å².